The first-order valence-electron chi connectivity index (χ1n) is 9.17. The molecular formula is C19H31NO4S2. The molecule has 1 aromatic rings. The number of aryl methyl sites for hydroxylation is 2. The average molecular weight is 402 g/mol. The van der Waals surface area contributed by atoms with Gasteiger partial charge in [0, 0.05) is 13.1 Å². The zero-order valence-electron chi connectivity index (χ0n) is 16.7. The van der Waals surface area contributed by atoms with Gasteiger partial charge in [0.05, 0.1) is 15.9 Å². The van der Waals surface area contributed by atoms with Gasteiger partial charge in [-0.05, 0) is 68.7 Å². The fourth-order valence-electron chi connectivity index (χ4n) is 3.73. The summed E-state index contributed by atoms with van der Waals surface area (Å²) >= 11 is 0. The molecule has 0 saturated carbocycles. The van der Waals surface area contributed by atoms with E-state index in [9.17, 15) is 16.8 Å². The first-order chi connectivity index (χ1) is 11.9. The lowest BCUT2D eigenvalue weighted by Crippen LogP contribution is -2.43. The lowest BCUT2D eigenvalue weighted by atomic mass is 10.0. The highest BCUT2D eigenvalue weighted by atomic mass is 32.2. The summed E-state index contributed by atoms with van der Waals surface area (Å²) in [6.07, 6.45) is 0.744. The normalized spacial score (nSPS) is 17.8. The molecule has 0 atom stereocenters. The quantitative estimate of drug-likeness (QED) is 0.760. The highest BCUT2D eigenvalue weighted by Crippen LogP contribution is 2.31. The van der Waals surface area contributed by atoms with E-state index in [2.05, 4.69) is 0 Å². The summed E-state index contributed by atoms with van der Waals surface area (Å²) in [7, 11) is -6.79. The molecule has 0 N–H and O–H groups in total. The van der Waals surface area contributed by atoms with Crippen molar-refractivity contribution < 1.29 is 16.8 Å². The van der Waals surface area contributed by atoms with Crippen LogP contribution in [0.5, 0.6) is 0 Å². The number of piperidine rings is 1. The number of benzene rings is 1. The van der Waals surface area contributed by atoms with E-state index in [-0.39, 0.29) is 24.8 Å². The molecule has 0 unspecified atom stereocenters. The first kappa shape index (κ1) is 21.4. The van der Waals surface area contributed by atoms with Crippen molar-refractivity contribution in [2.45, 2.75) is 64.5 Å². The lowest BCUT2D eigenvalue weighted by molar-refractivity contribution is 0.345. The van der Waals surface area contributed by atoms with E-state index in [1.54, 1.807) is 0 Å². The van der Waals surface area contributed by atoms with Crippen LogP contribution in [0.15, 0.2) is 11.0 Å². The summed E-state index contributed by atoms with van der Waals surface area (Å²) in [5, 5.41) is -0.433. The van der Waals surface area contributed by atoms with Gasteiger partial charge in [0.2, 0.25) is 10.0 Å². The Hall–Kier alpha value is -0.920. The van der Waals surface area contributed by atoms with Gasteiger partial charge in [-0.1, -0.05) is 19.9 Å². The highest BCUT2D eigenvalue weighted by Gasteiger charge is 2.36. The minimum Gasteiger partial charge on any atom is -0.229 e. The highest BCUT2D eigenvalue weighted by molar-refractivity contribution is 7.92. The topological polar surface area (TPSA) is 71.5 Å². The van der Waals surface area contributed by atoms with Crippen molar-refractivity contribution in [2.24, 2.45) is 5.92 Å². The van der Waals surface area contributed by atoms with Crippen LogP contribution in [0.1, 0.15) is 48.9 Å². The maximum Gasteiger partial charge on any atom is 0.243 e. The second kappa shape index (κ2) is 7.60. The van der Waals surface area contributed by atoms with E-state index in [4.69, 9.17) is 0 Å². The van der Waals surface area contributed by atoms with Crippen molar-refractivity contribution in [1.29, 1.82) is 0 Å². The van der Waals surface area contributed by atoms with Gasteiger partial charge >= 0.3 is 0 Å². The maximum atomic E-state index is 13.2. The molecule has 0 spiro atoms. The molecule has 1 aromatic carbocycles. The molecule has 1 saturated heterocycles. The molecule has 2 rings (SSSR count). The molecular weight excluding hydrogens is 370 g/mol. The van der Waals surface area contributed by atoms with Crippen molar-refractivity contribution in [3.8, 4) is 0 Å². The number of sulfone groups is 1. The molecule has 1 aliphatic rings. The Kier molecular flexibility index (Phi) is 6.25. The summed E-state index contributed by atoms with van der Waals surface area (Å²) in [4.78, 5) is 0.387. The Morgan fingerprint density at radius 3 is 1.85 bits per heavy atom. The van der Waals surface area contributed by atoms with Crippen LogP contribution in [0.3, 0.4) is 0 Å². The predicted molar refractivity (Wildman–Crippen MR) is 106 cm³/mol. The van der Waals surface area contributed by atoms with Crippen molar-refractivity contribution in [2.75, 3.05) is 18.8 Å². The van der Waals surface area contributed by atoms with Crippen molar-refractivity contribution in [1.82, 2.24) is 4.31 Å². The molecule has 1 aliphatic heterocycles. The SMILES string of the molecule is Cc1cc(C)c(C)c(S(=O)(=O)N2CCC(S(=O)(=O)CC(C)C)CC2)c1C. The van der Waals surface area contributed by atoms with Gasteiger partial charge in [-0.15, -0.1) is 0 Å². The van der Waals surface area contributed by atoms with E-state index in [0.717, 1.165) is 22.3 Å². The maximum absolute atomic E-state index is 13.2. The Morgan fingerprint density at radius 2 is 1.42 bits per heavy atom. The molecule has 0 amide bonds. The third-order valence-corrected chi connectivity index (χ3v) is 10.2. The molecule has 0 aliphatic carbocycles. The third kappa shape index (κ3) is 4.15. The van der Waals surface area contributed by atoms with E-state index in [1.165, 1.54) is 4.31 Å². The van der Waals surface area contributed by atoms with Gasteiger partial charge in [-0.3, -0.25) is 0 Å². The van der Waals surface area contributed by atoms with E-state index in [0.29, 0.717) is 17.7 Å². The molecule has 1 heterocycles. The second-order valence-electron chi connectivity index (χ2n) is 7.92. The number of rotatable bonds is 5. The van der Waals surface area contributed by atoms with E-state index in [1.807, 2.05) is 47.6 Å². The Balaban J connectivity index is 2.27. The summed E-state index contributed by atoms with van der Waals surface area (Å²) in [6.45, 7) is 11.8. The molecule has 0 bridgehead atoms. The molecule has 1 fully saturated rings. The Bertz CT molecular complexity index is 852. The van der Waals surface area contributed by atoms with Gasteiger partial charge in [0.1, 0.15) is 0 Å². The molecule has 5 nitrogen and oxygen atoms in total. The predicted octanol–water partition coefficient (Wildman–Crippen LogP) is 3.14. The second-order valence-corrected chi connectivity index (χ2v) is 12.1. The minimum absolute atomic E-state index is 0.0855. The number of sulfonamides is 1. The Labute approximate surface area is 158 Å². The van der Waals surface area contributed by atoms with Crippen molar-refractivity contribution in [3.63, 3.8) is 0 Å². The molecule has 0 radical (unpaired) electrons. The van der Waals surface area contributed by atoms with Gasteiger partial charge in [-0.2, -0.15) is 4.31 Å². The smallest absolute Gasteiger partial charge is 0.229 e. The van der Waals surface area contributed by atoms with Gasteiger partial charge in [0.25, 0.3) is 0 Å². The standard InChI is InChI=1S/C19H31NO4S2/c1-13(2)12-25(21,22)18-7-9-20(10-8-18)26(23,24)19-16(5)14(3)11-15(4)17(19)6/h11,13,18H,7-10,12H2,1-6H3. The number of hydrogen-bond donors (Lipinski definition) is 0. The third-order valence-electron chi connectivity index (χ3n) is 5.37. The van der Waals surface area contributed by atoms with Crippen LogP contribution in [0.4, 0.5) is 0 Å². The molecule has 26 heavy (non-hydrogen) atoms. The van der Waals surface area contributed by atoms with Gasteiger partial charge in [-0.25, -0.2) is 16.8 Å². The zero-order chi connectivity index (χ0) is 19.9. The van der Waals surface area contributed by atoms with Crippen LogP contribution in [-0.4, -0.2) is 45.2 Å². The zero-order valence-corrected chi connectivity index (χ0v) is 18.3. The van der Waals surface area contributed by atoms with Crippen LogP contribution in [0, 0.1) is 33.6 Å². The summed E-state index contributed by atoms with van der Waals surface area (Å²) in [5.74, 6) is 0.252. The molecule has 0 aromatic heterocycles. The largest absolute Gasteiger partial charge is 0.243 e. The lowest BCUT2D eigenvalue weighted by Gasteiger charge is -2.32. The van der Waals surface area contributed by atoms with Crippen molar-refractivity contribution in [3.05, 3.63) is 28.3 Å². The minimum atomic E-state index is -3.62. The van der Waals surface area contributed by atoms with Gasteiger partial charge in [0.15, 0.2) is 9.84 Å². The van der Waals surface area contributed by atoms with E-state index < -0.39 is 25.1 Å². The monoisotopic (exact) mass is 401 g/mol. The van der Waals surface area contributed by atoms with Crippen LogP contribution < -0.4 is 0 Å². The van der Waals surface area contributed by atoms with Crippen LogP contribution >= 0.6 is 0 Å². The van der Waals surface area contributed by atoms with Crippen LogP contribution in [-0.2, 0) is 19.9 Å². The average Bonchev–Trinajstić information content (AvgIpc) is 2.52. The van der Waals surface area contributed by atoms with E-state index >= 15 is 0 Å². The fraction of sp³-hybridized carbons (Fsp3) is 0.684. The fourth-order valence-corrected chi connectivity index (χ4v) is 7.91. The van der Waals surface area contributed by atoms with Crippen molar-refractivity contribution >= 4 is 19.9 Å². The molecule has 7 heteroatoms. The van der Waals surface area contributed by atoms with Crippen LogP contribution in [0.25, 0.3) is 0 Å². The molecule has 148 valence electrons. The van der Waals surface area contributed by atoms with Crippen LogP contribution in [0.2, 0.25) is 0 Å². The van der Waals surface area contributed by atoms with Gasteiger partial charge < -0.3 is 0 Å². The summed E-state index contributed by atoms with van der Waals surface area (Å²) in [6, 6.07) is 2.01. The summed E-state index contributed by atoms with van der Waals surface area (Å²) < 4.78 is 52.9. The first-order valence-corrected chi connectivity index (χ1v) is 12.3. The number of hydrogen-bond acceptors (Lipinski definition) is 4. The number of nitrogens with zero attached hydrogens (tertiary/aromatic N) is 1. The Morgan fingerprint density at radius 1 is 0.962 bits per heavy atom. The summed E-state index contributed by atoms with van der Waals surface area (Å²) in [5.41, 5.74) is 3.48.